The van der Waals surface area contributed by atoms with E-state index in [2.05, 4.69) is 47.5 Å². The zero-order valence-corrected chi connectivity index (χ0v) is 20.1. The minimum atomic E-state index is 0. The largest absolute Gasteiger partial charge is 0.492 e. The highest BCUT2D eigenvalue weighted by atomic mass is 127. The highest BCUT2D eigenvalue weighted by Gasteiger charge is 2.09. The molecule has 2 N–H and O–H groups in total. The summed E-state index contributed by atoms with van der Waals surface area (Å²) in [5.74, 6) is 1.80. The molecular weight excluding hydrogens is 465 g/mol. The van der Waals surface area contributed by atoms with Crippen LogP contribution < -0.4 is 15.4 Å². The summed E-state index contributed by atoms with van der Waals surface area (Å²) >= 11 is 0. The number of nitrogens with one attached hydrogen (secondary N) is 2. The van der Waals surface area contributed by atoms with E-state index in [1.54, 1.807) is 0 Å². The molecule has 2 rings (SSSR count). The van der Waals surface area contributed by atoms with Gasteiger partial charge in [-0.05, 0) is 53.0 Å². The van der Waals surface area contributed by atoms with Gasteiger partial charge in [0.05, 0.1) is 6.54 Å². The molecule has 0 spiro atoms. The highest BCUT2D eigenvalue weighted by Crippen LogP contribution is 2.18. The van der Waals surface area contributed by atoms with Crippen LogP contribution in [0.3, 0.4) is 0 Å². The van der Waals surface area contributed by atoms with E-state index in [0.717, 1.165) is 43.5 Å². The first-order valence-electron chi connectivity index (χ1n) is 10.3. The minimum Gasteiger partial charge on any atom is -0.492 e. The van der Waals surface area contributed by atoms with Crippen LogP contribution in [0.4, 0.5) is 0 Å². The van der Waals surface area contributed by atoms with Gasteiger partial charge in [-0.15, -0.1) is 24.0 Å². The molecule has 28 heavy (non-hydrogen) atoms. The van der Waals surface area contributed by atoms with Crippen molar-refractivity contribution in [2.75, 3.05) is 60.0 Å². The summed E-state index contributed by atoms with van der Waals surface area (Å²) in [5, 5.41) is 6.81. The molecule has 7 heteroatoms. The van der Waals surface area contributed by atoms with Crippen molar-refractivity contribution in [2.24, 2.45) is 4.99 Å². The third-order valence-electron chi connectivity index (χ3n) is 4.69. The van der Waals surface area contributed by atoms with Gasteiger partial charge >= 0.3 is 0 Å². The number of halogens is 1. The van der Waals surface area contributed by atoms with Crippen molar-refractivity contribution >= 4 is 29.9 Å². The van der Waals surface area contributed by atoms with Gasteiger partial charge in [0.15, 0.2) is 5.96 Å². The van der Waals surface area contributed by atoms with E-state index in [-0.39, 0.29) is 24.0 Å². The van der Waals surface area contributed by atoms with Crippen LogP contribution in [0.1, 0.15) is 31.7 Å². The highest BCUT2D eigenvalue weighted by molar-refractivity contribution is 14.0. The number of hydrogen-bond acceptors (Lipinski definition) is 4. The Morgan fingerprint density at radius 1 is 1.14 bits per heavy atom. The predicted molar refractivity (Wildman–Crippen MR) is 129 cm³/mol. The number of hydrogen-bond donors (Lipinski definition) is 2. The monoisotopic (exact) mass is 503 g/mol. The molecule has 0 amide bonds. The van der Waals surface area contributed by atoms with E-state index in [0.29, 0.717) is 13.2 Å². The quantitative estimate of drug-likeness (QED) is 0.292. The normalized spacial score (nSPS) is 15.2. The van der Waals surface area contributed by atoms with Gasteiger partial charge in [0.1, 0.15) is 12.4 Å². The Morgan fingerprint density at radius 2 is 1.89 bits per heavy atom. The first-order chi connectivity index (χ1) is 13.2. The van der Waals surface area contributed by atoms with Crippen LogP contribution in [-0.2, 0) is 6.54 Å². The van der Waals surface area contributed by atoms with Gasteiger partial charge in [-0.3, -0.25) is 0 Å². The van der Waals surface area contributed by atoms with E-state index in [1.165, 1.54) is 32.4 Å². The summed E-state index contributed by atoms with van der Waals surface area (Å²) in [6.07, 6.45) is 4.04. The standard InChI is InChI=1S/C21H37N5O.HI/c1-4-22-21(23-12-15-26-13-8-5-9-14-26)24-18-19-10-6-7-11-20(19)27-17-16-25(2)3;/h6-7,10-11H,4-5,8-9,12-18H2,1-3H3,(H2,22,23,24);1H. The van der Waals surface area contributed by atoms with Crippen LogP contribution in [0.15, 0.2) is 29.3 Å². The fraction of sp³-hybridized carbons (Fsp3) is 0.667. The van der Waals surface area contributed by atoms with Crippen molar-refractivity contribution in [3.63, 3.8) is 0 Å². The lowest BCUT2D eigenvalue weighted by Gasteiger charge is -2.26. The molecule has 1 aliphatic heterocycles. The lowest BCUT2D eigenvalue weighted by molar-refractivity contribution is 0.232. The number of aliphatic imine (C=N–C) groups is 1. The number of likely N-dealkylation sites (N-methyl/N-ethyl adjacent to an activating group) is 1. The molecule has 0 radical (unpaired) electrons. The second-order valence-corrected chi connectivity index (χ2v) is 7.28. The fourth-order valence-electron chi connectivity index (χ4n) is 3.13. The molecule has 1 aromatic carbocycles. The van der Waals surface area contributed by atoms with Gasteiger partial charge < -0.3 is 25.2 Å². The third kappa shape index (κ3) is 9.93. The lowest BCUT2D eigenvalue weighted by atomic mass is 10.1. The number of guanidine groups is 1. The number of likely N-dealkylation sites (tertiary alicyclic amines) is 1. The number of benzene rings is 1. The molecule has 0 aliphatic carbocycles. The molecule has 0 bridgehead atoms. The van der Waals surface area contributed by atoms with Crippen LogP contribution in [0.5, 0.6) is 5.75 Å². The lowest BCUT2D eigenvalue weighted by Crippen LogP contribution is -2.42. The summed E-state index contributed by atoms with van der Waals surface area (Å²) < 4.78 is 5.94. The fourth-order valence-corrected chi connectivity index (χ4v) is 3.13. The molecule has 160 valence electrons. The molecule has 1 fully saturated rings. The minimum absolute atomic E-state index is 0. The van der Waals surface area contributed by atoms with E-state index in [4.69, 9.17) is 9.73 Å². The zero-order chi connectivity index (χ0) is 19.3. The maximum atomic E-state index is 5.94. The van der Waals surface area contributed by atoms with Gasteiger partial charge in [0, 0.05) is 31.7 Å². The summed E-state index contributed by atoms with van der Waals surface area (Å²) in [6.45, 7) is 9.61. The van der Waals surface area contributed by atoms with E-state index in [9.17, 15) is 0 Å². The van der Waals surface area contributed by atoms with Gasteiger partial charge in [-0.25, -0.2) is 4.99 Å². The SMILES string of the molecule is CCNC(=NCc1ccccc1OCCN(C)C)NCCN1CCCCC1.I. The van der Waals surface area contributed by atoms with Crippen molar-refractivity contribution in [2.45, 2.75) is 32.7 Å². The molecule has 1 aliphatic rings. The molecule has 1 heterocycles. The summed E-state index contributed by atoms with van der Waals surface area (Å²) in [7, 11) is 4.11. The molecule has 0 aromatic heterocycles. The topological polar surface area (TPSA) is 52.1 Å². The van der Waals surface area contributed by atoms with E-state index < -0.39 is 0 Å². The second kappa shape index (κ2) is 14.9. The average Bonchev–Trinajstić information content (AvgIpc) is 2.67. The Hall–Kier alpha value is -1.06. The zero-order valence-electron chi connectivity index (χ0n) is 17.7. The van der Waals surface area contributed by atoms with Crippen LogP contribution in [0.25, 0.3) is 0 Å². The Labute approximate surface area is 188 Å². The van der Waals surface area contributed by atoms with Crippen LogP contribution in [0, 0.1) is 0 Å². The van der Waals surface area contributed by atoms with Gasteiger partial charge in [0.2, 0.25) is 0 Å². The van der Waals surface area contributed by atoms with E-state index in [1.807, 2.05) is 18.2 Å². The first-order valence-corrected chi connectivity index (χ1v) is 10.3. The Bertz CT molecular complexity index is 561. The number of piperidine rings is 1. The second-order valence-electron chi connectivity index (χ2n) is 7.28. The van der Waals surface area contributed by atoms with Crippen molar-refractivity contribution < 1.29 is 4.74 Å². The molecule has 1 saturated heterocycles. The number of para-hydroxylation sites is 1. The maximum Gasteiger partial charge on any atom is 0.191 e. The molecular formula is C21H38IN5O. The van der Waals surface area contributed by atoms with Crippen LogP contribution in [-0.4, -0.2) is 75.7 Å². The third-order valence-corrected chi connectivity index (χ3v) is 4.69. The maximum absolute atomic E-state index is 5.94. The molecule has 0 unspecified atom stereocenters. The van der Waals surface area contributed by atoms with Gasteiger partial charge in [-0.2, -0.15) is 0 Å². The summed E-state index contributed by atoms with van der Waals surface area (Å²) in [5.41, 5.74) is 1.12. The molecule has 0 saturated carbocycles. The van der Waals surface area contributed by atoms with Crippen LogP contribution >= 0.6 is 24.0 Å². The van der Waals surface area contributed by atoms with Crippen molar-refractivity contribution in [3.8, 4) is 5.75 Å². The molecule has 1 aromatic rings. The predicted octanol–water partition coefficient (Wildman–Crippen LogP) is 2.79. The molecule has 0 atom stereocenters. The summed E-state index contributed by atoms with van der Waals surface area (Å²) in [6, 6.07) is 8.17. The summed E-state index contributed by atoms with van der Waals surface area (Å²) in [4.78, 5) is 9.41. The average molecular weight is 503 g/mol. The van der Waals surface area contributed by atoms with Crippen molar-refractivity contribution in [3.05, 3.63) is 29.8 Å². The van der Waals surface area contributed by atoms with Gasteiger partial charge in [-0.1, -0.05) is 24.6 Å². The van der Waals surface area contributed by atoms with Gasteiger partial charge in [0.25, 0.3) is 0 Å². The molecule has 6 nitrogen and oxygen atoms in total. The van der Waals surface area contributed by atoms with Crippen molar-refractivity contribution in [1.82, 2.24) is 20.4 Å². The van der Waals surface area contributed by atoms with E-state index >= 15 is 0 Å². The Balaban J connectivity index is 0.00000392. The van der Waals surface area contributed by atoms with Crippen LogP contribution in [0.2, 0.25) is 0 Å². The Morgan fingerprint density at radius 3 is 2.61 bits per heavy atom. The smallest absolute Gasteiger partial charge is 0.191 e. The van der Waals surface area contributed by atoms with Crippen molar-refractivity contribution in [1.29, 1.82) is 0 Å². The number of ether oxygens (including phenoxy) is 1. The number of rotatable bonds is 10. The first kappa shape index (κ1) is 25.0. The Kier molecular flexibility index (Phi) is 13.3. The number of nitrogens with zero attached hydrogens (tertiary/aromatic N) is 3.